The molecule has 18 heteroatoms. The number of rotatable bonds is 12. The summed E-state index contributed by atoms with van der Waals surface area (Å²) in [6.45, 7) is 15.0. The number of amides is 5. The van der Waals surface area contributed by atoms with Gasteiger partial charge in [-0.3, -0.25) is 23.9 Å². The van der Waals surface area contributed by atoms with Gasteiger partial charge >= 0.3 is 23.8 Å². The number of piperidine rings is 2. The Bertz CT molecular complexity index is 2230. The topological polar surface area (TPSA) is 180 Å². The van der Waals surface area contributed by atoms with Crippen molar-refractivity contribution in [3.63, 3.8) is 0 Å². The first-order chi connectivity index (χ1) is 32.3. The molecular formula is C50H74N8O10. The molecule has 0 saturated carbocycles. The van der Waals surface area contributed by atoms with E-state index < -0.39 is 18.0 Å². The first-order valence-corrected chi connectivity index (χ1v) is 24.2. The van der Waals surface area contributed by atoms with Crippen molar-refractivity contribution in [2.24, 2.45) is 13.0 Å². The Morgan fingerprint density at radius 2 is 1.51 bits per heavy atom. The molecular weight excluding hydrogens is 873 g/mol. The van der Waals surface area contributed by atoms with Gasteiger partial charge in [0.25, 0.3) is 5.91 Å². The maximum absolute atomic E-state index is 13.8. The highest BCUT2D eigenvalue weighted by Crippen LogP contribution is 2.27. The fraction of sp³-hybridized carbons (Fsp3) is 0.640. The SMILES string of the molecule is C.CN1CCN(C(=O)CCC(=O)OCCCN2CCOCC2)CC1.Cc1cc(C[C@@H](OC(=O)N2CCC(N3CCc4ccccc4NC3=O)CC2)C(=O)N2CCC(C)CC2)cc2oc(=O)n(C)c12. The van der Waals surface area contributed by atoms with E-state index in [1.807, 2.05) is 47.1 Å². The Balaban J connectivity index is 0.000000269. The standard InChI is InChI=1S/C33H41N5O6.C16H29N3O4.CH4/c1-21-8-13-36(14-9-21)30(39)28(20-23-18-22(2)29-27(19-23)43-32(41)35(29)3)44-33(42)37-15-11-25(12-16-37)38-17-10-24-6-4-5-7-26(24)34-31(38)40;1-17-6-8-19(9-7-17)15(20)3-4-16(21)23-12-2-5-18-10-13-22-14-11-18;/h4-7,18-19,21,25,28H,8-17,20H2,1-3H3,(H,34,40);2-14H2,1H3;1H4/t28-;;/m1../s1. The number of nitrogens with zero attached hydrogens (tertiary/aromatic N) is 7. The van der Waals surface area contributed by atoms with Gasteiger partial charge in [0.15, 0.2) is 11.7 Å². The van der Waals surface area contributed by atoms with E-state index in [1.54, 1.807) is 22.9 Å². The highest BCUT2D eigenvalue weighted by molar-refractivity contribution is 5.91. The maximum atomic E-state index is 13.8. The van der Waals surface area contributed by atoms with Crippen LogP contribution in [0.4, 0.5) is 15.3 Å². The van der Waals surface area contributed by atoms with Crippen molar-refractivity contribution in [1.29, 1.82) is 0 Å². The lowest BCUT2D eigenvalue weighted by molar-refractivity contribution is -0.146. The molecule has 3 aromatic rings. The largest absolute Gasteiger partial charge is 0.466 e. The normalized spacial score (nSPS) is 19.2. The molecule has 0 unspecified atom stereocenters. The monoisotopic (exact) mass is 947 g/mol. The Morgan fingerprint density at radius 1 is 0.824 bits per heavy atom. The predicted molar refractivity (Wildman–Crippen MR) is 258 cm³/mol. The summed E-state index contributed by atoms with van der Waals surface area (Å²) in [5, 5.41) is 3.03. The number of hydrogen-bond donors (Lipinski definition) is 1. The van der Waals surface area contributed by atoms with Gasteiger partial charge in [0.2, 0.25) is 5.91 Å². The summed E-state index contributed by atoms with van der Waals surface area (Å²) in [6.07, 6.45) is 3.77. The van der Waals surface area contributed by atoms with E-state index in [4.69, 9.17) is 18.6 Å². The van der Waals surface area contributed by atoms with Crippen LogP contribution in [0.3, 0.4) is 0 Å². The lowest BCUT2D eigenvalue weighted by Gasteiger charge is -2.38. The average Bonchev–Trinajstić information content (AvgIpc) is 3.51. The van der Waals surface area contributed by atoms with Crippen molar-refractivity contribution in [3.8, 4) is 0 Å². The summed E-state index contributed by atoms with van der Waals surface area (Å²) in [5.74, 6) is -0.314. The number of fused-ring (bicyclic) bond motifs is 2. The number of ether oxygens (including phenoxy) is 3. The molecule has 374 valence electrons. The van der Waals surface area contributed by atoms with Crippen molar-refractivity contribution < 1.29 is 42.6 Å². The van der Waals surface area contributed by atoms with Gasteiger partial charge in [-0.05, 0) is 87.2 Å². The van der Waals surface area contributed by atoms with E-state index in [1.165, 1.54) is 4.57 Å². The summed E-state index contributed by atoms with van der Waals surface area (Å²) in [5.41, 5.74) is 4.72. The number of carbonyl (C=O) groups is 5. The third-order valence-electron chi connectivity index (χ3n) is 13.9. The quantitative estimate of drug-likeness (QED) is 0.195. The van der Waals surface area contributed by atoms with Gasteiger partial charge < -0.3 is 48.4 Å². The minimum atomic E-state index is -1.00. The summed E-state index contributed by atoms with van der Waals surface area (Å²) in [6, 6.07) is 11.4. The highest BCUT2D eigenvalue weighted by atomic mass is 16.6. The fourth-order valence-corrected chi connectivity index (χ4v) is 9.61. The van der Waals surface area contributed by atoms with Gasteiger partial charge in [0, 0.05) is 110 Å². The van der Waals surface area contributed by atoms with Crippen LogP contribution in [0.1, 0.15) is 76.0 Å². The third kappa shape index (κ3) is 13.8. The molecule has 8 rings (SSSR count). The molecule has 4 fully saturated rings. The number of benzene rings is 2. The number of esters is 1. The lowest BCUT2D eigenvalue weighted by atomic mass is 9.98. The zero-order valence-electron chi connectivity index (χ0n) is 39.9. The van der Waals surface area contributed by atoms with Crippen LogP contribution in [0.5, 0.6) is 0 Å². The predicted octanol–water partition coefficient (Wildman–Crippen LogP) is 4.74. The molecule has 0 spiro atoms. The van der Waals surface area contributed by atoms with Crippen LogP contribution in [0.15, 0.2) is 45.6 Å². The lowest BCUT2D eigenvalue weighted by Crippen LogP contribution is -2.51. The van der Waals surface area contributed by atoms with Crippen LogP contribution in [0.25, 0.3) is 11.1 Å². The number of carbonyl (C=O) groups excluding carboxylic acids is 5. The molecule has 1 aromatic heterocycles. The summed E-state index contributed by atoms with van der Waals surface area (Å²) in [7, 11) is 3.71. The zero-order valence-corrected chi connectivity index (χ0v) is 39.9. The number of morpholine rings is 1. The first-order valence-electron chi connectivity index (χ1n) is 24.2. The van der Waals surface area contributed by atoms with E-state index in [0.29, 0.717) is 69.2 Å². The molecule has 0 aliphatic carbocycles. The van der Waals surface area contributed by atoms with Crippen molar-refractivity contribution in [2.75, 3.05) is 111 Å². The molecule has 1 N–H and O–H groups in total. The van der Waals surface area contributed by atoms with Crippen molar-refractivity contribution in [2.45, 2.75) is 91.2 Å². The minimum absolute atomic E-state index is 0. The van der Waals surface area contributed by atoms with Crippen LogP contribution in [0, 0.1) is 12.8 Å². The highest BCUT2D eigenvalue weighted by Gasteiger charge is 2.35. The van der Waals surface area contributed by atoms with Gasteiger partial charge in [-0.15, -0.1) is 0 Å². The molecule has 18 nitrogen and oxygen atoms in total. The average molecular weight is 947 g/mol. The van der Waals surface area contributed by atoms with Crippen molar-refractivity contribution in [1.82, 2.24) is 34.0 Å². The second kappa shape index (κ2) is 24.7. The van der Waals surface area contributed by atoms with Gasteiger partial charge in [-0.1, -0.05) is 38.6 Å². The second-order valence-corrected chi connectivity index (χ2v) is 18.7. The zero-order chi connectivity index (χ0) is 47.5. The van der Waals surface area contributed by atoms with E-state index in [2.05, 4.69) is 29.1 Å². The number of anilines is 1. The number of para-hydroxylation sites is 1. The first kappa shape index (κ1) is 51.9. The molecule has 6 heterocycles. The molecule has 0 radical (unpaired) electrons. The number of urea groups is 1. The molecule has 5 aliphatic heterocycles. The number of likely N-dealkylation sites (tertiary alicyclic amines) is 2. The molecule has 0 bridgehead atoms. The number of aryl methyl sites for hydroxylation is 2. The van der Waals surface area contributed by atoms with Gasteiger partial charge in [0.05, 0.1) is 31.8 Å². The molecule has 68 heavy (non-hydrogen) atoms. The molecule has 5 aliphatic rings. The number of aromatic nitrogens is 1. The minimum Gasteiger partial charge on any atom is -0.466 e. The van der Waals surface area contributed by atoms with Crippen LogP contribution in [-0.4, -0.2) is 181 Å². The number of oxazole rings is 1. The Hall–Kier alpha value is -5.46. The van der Waals surface area contributed by atoms with Gasteiger partial charge in [-0.25, -0.2) is 14.4 Å². The number of likely N-dealkylation sites (N-methyl/N-ethyl adjacent to an activating group) is 1. The number of hydrogen-bond acceptors (Lipinski definition) is 12. The summed E-state index contributed by atoms with van der Waals surface area (Å²) in [4.78, 5) is 87.8. The van der Waals surface area contributed by atoms with E-state index in [9.17, 15) is 28.8 Å². The van der Waals surface area contributed by atoms with Crippen LogP contribution < -0.4 is 11.1 Å². The van der Waals surface area contributed by atoms with Crippen LogP contribution in [-0.2, 0) is 48.5 Å². The van der Waals surface area contributed by atoms with Crippen molar-refractivity contribution in [3.05, 3.63) is 63.6 Å². The molecule has 1 atom stereocenters. The van der Waals surface area contributed by atoms with E-state index >= 15 is 0 Å². The smallest absolute Gasteiger partial charge is 0.419 e. The Morgan fingerprint density at radius 3 is 2.24 bits per heavy atom. The van der Waals surface area contributed by atoms with Gasteiger partial charge in [-0.2, -0.15) is 0 Å². The molecule has 5 amide bonds. The summed E-state index contributed by atoms with van der Waals surface area (Å²) >= 11 is 0. The number of piperazine rings is 1. The van der Waals surface area contributed by atoms with E-state index in [0.717, 1.165) is 107 Å². The molecule has 2 aromatic carbocycles. The van der Waals surface area contributed by atoms with Crippen molar-refractivity contribution >= 4 is 46.7 Å². The van der Waals surface area contributed by atoms with Crippen LogP contribution >= 0.6 is 0 Å². The van der Waals surface area contributed by atoms with E-state index in [-0.39, 0.29) is 56.5 Å². The Kier molecular flexibility index (Phi) is 18.9. The molecule has 4 saturated heterocycles. The number of nitrogens with one attached hydrogen (secondary N) is 1. The van der Waals surface area contributed by atoms with Crippen LogP contribution in [0.2, 0.25) is 0 Å². The Labute approximate surface area is 400 Å². The maximum Gasteiger partial charge on any atom is 0.419 e. The summed E-state index contributed by atoms with van der Waals surface area (Å²) < 4.78 is 23.4. The second-order valence-electron chi connectivity index (χ2n) is 18.7. The third-order valence-corrected chi connectivity index (χ3v) is 13.9. The fourth-order valence-electron chi connectivity index (χ4n) is 9.61. The van der Waals surface area contributed by atoms with Gasteiger partial charge in [0.1, 0.15) is 0 Å².